The van der Waals surface area contributed by atoms with E-state index in [4.69, 9.17) is 14.6 Å². The van der Waals surface area contributed by atoms with Crippen molar-refractivity contribution < 1.29 is 29.0 Å². The number of ether oxygens (including phenoxy) is 2. The minimum atomic E-state index is -0.959. The minimum absolute atomic E-state index is 0.0281. The SMILES string of the molecule is CC(CC(=O)N1CCOC(CC(=O)O)C1)NC(=O)OCC1c2ccccc2-c2ccccc21. The first-order valence-corrected chi connectivity index (χ1v) is 11.1. The maximum atomic E-state index is 12.6. The van der Waals surface area contributed by atoms with Gasteiger partial charge in [-0.15, -0.1) is 0 Å². The number of hydrogen-bond donors (Lipinski definition) is 2. The van der Waals surface area contributed by atoms with Gasteiger partial charge < -0.3 is 24.8 Å². The Labute approximate surface area is 192 Å². The van der Waals surface area contributed by atoms with E-state index >= 15 is 0 Å². The summed E-state index contributed by atoms with van der Waals surface area (Å²) in [6, 6.07) is 15.8. The molecule has 2 amide bonds. The molecule has 2 unspecified atom stereocenters. The summed E-state index contributed by atoms with van der Waals surface area (Å²) in [6.07, 6.45) is -1.12. The van der Waals surface area contributed by atoms with Crippen LogP contribution in [-0.2, 0) is 19.1 Å². The van der Waals surface area contributed by atoms with Crippen LogP contribution in [0.15, 0.2) is 48.5 Å². The van der Waals surface area contributed by atoms with Crippen LogP contribution in [0, 0.1) is 0 Å². The standard InChI is InChI=1S/C25H28N2O6/c1-16(12-23(28)27-10-11-32-17(14-27)13-24(29)30)26-25(31)33-15-22-20-8-4-2-6-18(20)19-7-3-5-9-21(19)22/h2-9,16-17,22H,10-15H2,1H3,(H,26,31)(H,29,30). The van der Waals surface area contributed by atoms with E-state index in [2.05, 4.69) is 29.6 Å². The molecule has 2 aromatic rings. The van der Waals surface area contributed by atoms with Gasteiger partial charge in [0, 0.05) is 31.5 Å². The molecule has 8 nitrogen and oxygen atoms in total. The van der Waals surface area contributed by atoms with Gasteiger partial charge in [0.1, 0.15) is 6.61 Å². The molecule has 8 heteroatoms. The van der Waals surface area contributed by atoms with Crippen LogP contribution in [0.25, 0.3) is 11.1 Å². The Bertz CT molecular complexity index is 994. The molecule has 33 heavy (non-hydrogen) atoms. The number of rotatable bonds is 7. The lowest BCUT2D eigenvalue weighted by molar-refractivity contribution is -0.147. The topological polar surface area (TPSA) is 105 Å². The molecule has 2 N–H and O–H groups in total. The number of fused-ring (bicyclic) bond motifs is 3. The first-order chi connectivity index (χ1) is 15.9. The van der Waals surface area contributed by atoms with E-state index in [0.29, 0.717) is 13.2 Å². The number of amides is 2. The Hall–Kier alpha value is -3.39. The third-order valence-corrected chi connectivity index (χ3v) is 6.08. The zero-order valence-corrected chi connectivity index (χ0v) is 18.5. The number of carboxylic acid groups (broad SMARTS) is 1. The predicted molar refractivity (Wildman–Crippen MR) is 121 cm³/mol. The Balaban J connectivity index is 1.28. The highest BCUT2D eigenvalue weighted by atomic mass is 16.5. The van der Waals surface area contributed by atoms with Crippen LogP contribution in [0.1, 0.15) is 36.8 Å². The van der Waals surface area contributed by atoms with E-state index in [1.54, 1.807) is 11.8 Å². The Morgan fingerprint density at radius 1 is 1.12 bits per heavy atom. The molecule has 1 saturated heterocycles. The summed E-state index contributed by atoms with van der Waals surface area (Å²) < 4.78 is 10.9. The van der Waals surface area contributed by atoms with Gasteiger partial charge in [0.25, 0.3) is 0 Å². The van der Waals surface area contributed by atoms with Crippen LogP contribution < -0.4 is 5.32 Å². The lowest BCUT2D eigenvalue weighted by Crippen LogP contribution is -2.48. The van der Waals surface area contributed by atoms with E-state index in [1.807, 2.05) is 24.3 Å². The predicted octanol–water partition coefficient (Wildman–Crippen LogP) is 3.01. The van der Waals surface area contributed by atoms with Crippen LogP contribution in [0.2, 0.25) is 0 Å². The molecular weight excluding hydrogens is 424 g/mol. The summed E-state index contributed by atoms with van der Waals surface area (Å²) in [5.74, 6) is -1.14. The summed E-state index contributed by atoms with van der Waals surface area (Å²) in [6.45, 7) is 2.91. The highest BCUT2D eigenvalue weighted by Gasteiger charge is 2.30. The number of carboxylic acids is 1. The second-order valence-corrected chi connectivity index (χ2v) is 8.51. The number of benzene rings is 2. The van der Waals surface area contributed by atoms with Gasteiger partial charge in [0.05, 0.1) is 19.1 Å². The van der Waals surface area contributed by atoms with Gasteiger partial charge in [0.15, 0.2) is 0 Å². The Morgan fingerprint density at radius 3 is 2.39 bits per heavy atom. The Kier molecular flexibility index (Phi) is 6.93. The number of hydrogen-bond acceptors (Lipinski definition) is 5. The van der Waals surface area contributed by atoms with Crippen molar-refractivity contribution in [3.63, 3.8) is 0 Å². The molecule has 4 rings (SSSR count). The van der Waals surface area contributed by atoms with Crippen LogP contribution in [0.4, 0.5) is 4.79 Å². The summed E-state index contributed by atoms with van der Waals surface area (Å²) >= 11 is 0. The first-order valence-electron chi connectivity index (χ1n) is 11.1. The van der Waals surface area contributed by atoms with E-state index in [9.17, 15) is 14.4 Å². The first kappa shape index (κ1) is 22.8. The zero-order chi connectivity index (χ0) is 23.4. The second-order valence-electron chi connectivity index (χ2n) is 8.51. The van der Waals surface area contributed by atoms with Gasteiger partial charge in [-0.2, -0.15) is 0 Å². The molecule has 1 heterocycles. The highest BCUT2D eigenvalue weighted by molar-refractivity contribution is 5.80. The van der Waals surface area contributed by atoms with Crippen molar-refractivity contribution in [2.75, 3.05) is 26.3 Å². The van der Waals surface area contributed by atoms with Gasteiger partial charge >= 0.3 is 12.1 Å². The van der Waals surface area contributed by atoms with Crippen molar-refractivity contribution in [1.82, 2.24) is 10.2 Å². The van der Waals surface area contributed by atoms with Gasteiger partial charge in [-0.3, -0.25) is 9.59 Å². The van der Waals surface area contributed by atoms with Crippen molar-refractivity contribution >= 4 is 18.0 Å². The molecule has 1 fully saturated rings. The summed E-state index contributed by atoms with van der Waals surface area (Å²) in [4.78, 5) is 37.5. The fourth-order valence-electron chi connectivity index (χ4n) is 4.55. The quantitative estimate of drug-likeness (QED) is 0.669. The van der Waals surface area contributed by atoms with Crippen molar-refractivity contribution in [1.29, 1.82) is 0 Å². The van der Waals surface area contributed by atoms with Gasteiger partial charge in [-0.25, -0.2) is 4.79 Å². The van der Waals surface area contributed by atoms with E-state index in [-0.39, 0.29) is 37.8 Å². The molecular formula is C25H28N2O6. The third kappa shape index (κ3) is 5.34. The van der Waals surface area contributed by atoms with E-state index in [0.717, 1.165) is 22.3 Å². The largest absolute Gasteiger partial charge is 0.481 e. The van der Waals surface area contributed by atoms with Gasteiger partial charge in [-0.1, -0.05) is 48.5 Å². The van der Waals surface area contributed by atoms with Crippen LogP contribution in [0.5, 0.6) is 0 Å². The van der Waals surface area contributed by atoms with Crippen molar-refractivity contribution in [2.24, 2.45) is 0 Å². The highest BCUT2D eigenvalue weighted by Crippen LogP contribution is 2.44. The monoisotopic (exact) mass is 452 g/mol. The molecule has 1 aliphatic heterocycles. The second kappa shape index (κ2) is 10.0. The zero-order valence-electron chi connectivity index (χ0n) is 18.5. The molecule has 2 aromatic carbocycles. The molecule has 0 aromatic heterocycles. The molecule has 0 radical (unpaired) electrons. The number of nitrogens with zero attached hydrogens (tertiary/aromatic N) is 1. The molecule has 1 aliphatic carbocycles. The maximum Gasteiger partial charge on any atom is 0.407 e. The number of morpholine rings is 1. The summed E-state index contributed by atoms with van der Waals surface area (Å²) in [7, 11) is 0. The minimum Gasteiger partial charge on any atom is -0.481 e. The number of carbonyl (C=O) groups is 3. The van der Waals surface area contributed by atoms with Gasteiger partial charge in [-0.05, 0) is 29.2 Å². The average Bonchev–Trinajstić information content (AvgIpc) is 3.11. The van der Waals surface area contributed by atoms with Gasteiger partial charge in [0.2, 0.25) is 5.91 Å². The smallest absolute Gasteiger partial charge is 0.407 e. The number of carbonyl (C=O) groups excluding carboxylic acids is 2. The summed E-state index contributed by atoms with van der Waals surface area (Å²) in [5.41, 5.74) is 4.59. The van der Waals surface area contributed by atoms with Crippen molar-refractivity contribution in [3.05, 3.63) is 59.7 Å². The molecule has 2 atom stereocenters. The lowest BCUT2D eigenvalue weighted by atomic mass is 9.98. The van der Waals surface area contributed by atoms with Crippen molar-refractivity contribution in [3.8, 4) is 11.1 Å². The van der Waals surface area contributed by atoms with Crippen LogP contribution in [-0.4, -0.2) is 66.4 Å². The summed E-state index contributed by atoms with van der Waals surface area (Å²) in [5, 5.41) is 11.7. The molecule has 0 saturated carbocycles. The molecule has 174 valence electrons. The van der Waals surface area contributed by atoms with Crippen LogP contribution in [0.3, 0.4) is 0 Å². The van der Waals surface area contributed by atoms with E-state index < -0.39 is 24.2 Å². The third-order valence-electron chi connectivity index (χ3n) is 6.08. The normalized spacial score (nSPS) is 18.2. The fourth-order valence-corrected chi connectivity index (χ4v) is 4.55. The van der Waals surface area contributed by atoms with Crippen LogP contribution >= 0.6 is 0 Å². The number of nitrogens with one attached hydrogen (secondary N) is 1. The Morgan fingerprint density at radius 2 is 1.76 bits per heavy atom. The average molecular weight is 453 g/mol. The molecule has 0 bridgehead atoms. The number of alkyl carbamates (subject to hydrolysis) is 1. The maximum absolute atomic E-state index is 12.6. The lowest BCUT2D eigenvalue weighted by Gasteiger charge is -2.33. The number of aliphatic carboxylic acids is 1. The van der Waals surface area contributed by atoms with E-state index in [1.165, 1.54) is 0 Å². The molecule has 0 spiro atoms. The molecule has 2 aliphatic rings. The fraction of sp³-hybridized carbons (Fsp3) is 0.400. The van der Waals surface area contributed by atoms with Crippen molar-refractivity contribution in [2.45, 2.75) is 37.8 Å².